The standard InChI is InChI=1S/C18H18BrNO2/c1-12(18(22)15-6-4-3-5-7-15)17(20-13(2)21)14-8-10-16(19)11-9-14/h3-12,17H,1-2H3,(H,20,21). The molecule has 22 heavy (non-hydrogen) atoms. The zero-order valence-electron chi connectivity index (χ0n) is 12.5. The SMILES string of the molecule is CC(=O)NC(c1ccc(Br)cc1)C(C)C(=O)c1ccccc1. The maximum Gasteiger partial charge on any atom is 0.217 e. The summed E-state index contributed by atoms with van der Waals surface area (Å²) in [5.74, 6) is -0.490. The quantitative estimate of drug-likeness (QED) is 0.815. The van der Waals surface area contributed by atoms with Crippen molar-refractivity contribution in [1.82, 2.24) is 5.32 Å². The van der Waals surface area contributed by atoms with E-state index in [-0.39, 0.29) is 23.7 Å². The van der Waals surface area contributed by atoms with Crippen molar-refractivity contribution in [3.63, 3.8) is 0 Å². The van der Waals surface area contributed by atoms with Crippen LogP contribution in [-0.2, 0) is 4.79 Å². The van der Waals surface area contributed by atoms with E-state index in [1.54, 1.807) is 12.1 Å². The second-order valence-corrected chi connectivity index (χ2v) is 6.16. The summed E-state index contributed by atoms with van der Waals surface area (Å²) >= 11 is 3.39. The van der Waals surface area contributed by atoms with Crippen molar-refractivity contribution in [2.75, 3.05) is 0 Å². The second kappa shape index (κ2) is 7.36. The van der Waals surface area contributed by atoms with Crippen LogP contribution in [0.5, 0.6) is 0 Å². The highest BCUT2D eigenvalue weighted by atomic mass is 79.9. The van der Waals surface area contributed by atoms with Gasteiger partial charge in [-0.25, -0.2) is 0 Å². The normalized spacial score (nSPS) is 13.2. The number of rotatable bonds is 5. The summed E-state index contributed by atoms with van der Waals surface area (Å²) in [6.45, 7) is 3.31. The Kier molecular flexibility index (Phi) is 5.50. The van der Waals surface area contributed by atoms with Crippen LogP contribution in [0.15, 0.2) is 59.1 Å². The van der Waals surface area contributed by atoms with Gasteiger partial charge < -0.3 is 5.32 Å². The van der Waals surface area contributed by atoms with E-state index >= 15 is 0 Å². The van der Waals surface area contributed by atoms with E-state index in [9.17, 15) is 9.59 Å². The lowest BCUT2D eigenvalue weighted by molar-refractivity contribution is -0.119. The van der Waals surface area contributed by atoms with Crippen molar-refractivity contribution in [1.29, 1.82) is 0 Å². The number of halogens is 1. The van der Waals surface area contributed by atoms with Gasteiger partial charge in [0.2, 0.25) is 5.91 Å². The Balaban J connectivity index is 2.30. The molecule has 4 heteroatoms. The van der Waals surface area contributed by atoms with Crippen molar-refractivity contribution in [2.45, 2.75) is 19.9 Å². The molecule has 0 heterocycles. The van der Waals surface area contributed by atoms with E-state index in [1.165, 1.54) is 6.92 Å². The van der Waals surface area contributed by atoms with Gasteiger partial charge in [0.1, 0.15) is 0 Å². The molecule has 114 valence electrons. The third-order valence-corrected chi connectivity index (χ3v) is 4.09. The number of ketones is 1. The highest BCUT2D eigenvalue weighted by Gasteiger charge is 2.27. The predicted octanol–water partition coefficient (Wildman–Crippen LogP) is 4.15. The van der Waals surface area contributed by atoms with Gasteiger partial charge in [-0.1, -0.05) is 65.3 Å². The first kappa shape index (κ1) is 16.4. The number of hydrogen-bond donors (Lipinski definition) is 1. The molecule has 2 aromatic carbocycles. The van der Waals surface area contributed by atoms with E-state index in [4.69, 9.17) is 0 Å². The number of carbonyl (C=O) groups excluding carboxylic acids is 2. The Bertz CT molecular complexity index is 653. The number of benzene rings is 2. The third-order valence-electron chi connectivity index (χ3n) is 3.56. The van der Waals surface area contributed by atoms with Crippen LogP contribution in [0.1, 0.15) is 35.8 Å². The monoisotopic (exact) mass is 359 g/mol. The van der Waals surface area contributed by atoms with Crippen LogP contribution in [0.3, 0.4) is 0 Å². The van der Waals surface area contributed by atoms with Crippen molar-refractivity contribution >= 4 is 27.6 Å². The molecule has 0 spiro atoms. The first-order chi connectivity index (χ1) is 10.5. The van der Waals surface area contributed by atoms with Crippen LogP contribution in [0, 0.1) is 5.92 Å². The Morgan fingerprint density at radius 2 is 1.59 bits per heavy atom. The molecule has 0 aliphatic carbocycles. The summed E-state index contributed by atoms with van der Waals surface area (Å²) < 4.78 is 0.958. The number of hydrogen-bond acceptors (Lipinski definition) is 2. The fourth-order valence-electron chi connectivity index (χ4n) is 2.40. The fraction of sp³-hybridized carbons (Fsp3) is 0.222. The molecule has 0 radical (unpaired) electrons. The average molecular weight is 360 g/mol. The Hall–Kier alpha value is -1.94. The minimum Gasteiger partial charge on any atom is -0.349 e. The molecule has 2 aromatic rings. The van der Waals surface area contributed by atoms with Crippen LogP contribution in [0.2, 0.25) is 0 Å². The lowest BCUT2D eigenvalue weighted by atomic mass is 9.88. The first-order valence-electron chi connectivity index (χ1n) is 7.11. The summed E-state index contributed by atoms with van der Waals surface area (Å²) in [5.41, 5.74) is 1.57. The summed E-state index contributed by atoms with van der Waals surface area (Å²) in [6.07, 6.45) is 0. The second-order valence-electron chi connectivity index (χ2n) is 5.25. The number of Topliss-reactive ketones (excluding diaryl/α,β-unsaturated/α-hetero) is 1. The Labute approximate surface area is 138 Å². The number of carbonyl (C=O) groups is 2. The molecule has 0 saturated heterocycles. The molecule has 2 atom stereocenters. The first-order valence-corrected chi connectivity index (χ1v) is 7.90. The maximum atomic E-state index is 12.6. The van der Waals surface area contributed by atoms with E-state index in [1.807, 2.05) is 49.4 Å². The number of amides is 1. The van der Waals surface area contributed by atoms with E-state index < -0.39 is 0 Å². The van der Waals surface area contributed by atoms with E-state index in [0.29, 0.717) is 5.56 Å². The Morgan fingerprint density at radius 1 is 1.00 bits per heavy atom. The van der Waals surface area contributed by atoms with Crippen molar-refractivity contribution in [3.8, 4) is 0 Å². The van der Waals surface area contributed by atoms with Gasteiger partial charge in [0.25, 0.3) is 0 Å². The van der Waals surface area contributed by atoms with E-state index in [2.05, 4.69) is 21.2 Å². The summed E-state index contributed by atoms with van der Waals surface area (Å²) in [4.78, 5) is 24.2. The average Bonchev–Trinajstić information content (AvgIpc) is 2.53. The van der Waals surface area contributed by atoms with Crippen LogP contribution >= 0.6 is 15.9 Å². The summed E-state index contributed by atoms with van der Waals surface area (Å²) in [7, 11) is 0. The summed E-state index contributed by atoms with van der Waals surface area (Å²) in [5, 5.41) is 2.89. The number of nitrogens with one attached hydrogen (secondary N) is 1. The van der Waals surface area contributed by atoms with Gasteiger partial charge in [-0.3, -0.25) is 9.59 Å². The van der Waals surface area contributed by atoms with E-state index in [0.717, 1.165) is 10.0 Å². The summed E-state index contributed by atoms with van der Waals surface area (Å²) in [6, 6.07) is 16.4. The van der Waals surface area contributed by atoms with Crippen LogP contribution in [-0.4, -0.2) is 11.7 Å². The molecule has 0 bridgehead atoms. The van der Waals surface area contributed by atoms with Crippen LogP contribution < -0.4 is 5.32 Å². The minimum atomic E-state index is -0.354. The predicted molar refractivity (Wildman–Crippen MR) is 90.6 cm³/mol. The third kappa shape index (κ3) is 4.04. The van der Waals surface area contributed by atoms with Gasteiger partial charge in [0, 0.05) is 22.9 Å². The highest BCUT2D eigenvalue weighted by molar-refractivity contribution is 9.10. The van der Waals surface area contributed by atoms with Gasteiger partial charge in [-0.05, 0) is 17.7 Å². The topological polar surface area (TPSA) is 46.2 Å². The van der Waals surface area contributed by atoms with Crippen LogP contribution in [0.25, 0.3) is 0 Å². The molecule has 1 amide bonds. The molecule has 0 aliphatic heterocycles. The lowest BCUT2D eigenvalue weighted by Crippen LogP contribution is -2.34. The van der Waals surface area contributed by atoms with Crippen molar-refractivity contribution < 1.29 is 9.59 Å². The molecule has 0 aliphatic rings. The molecular formula is C18H18BrNO2. The molecule has 2 rings (SSSR count). The molecule has 2 unspecified atom stereocenters. The van der Waals surface area contributed by atoms with Gasteiger partial charge in [-0.15, -0.1) is 0 Å². The smallest absolute Gasteiger partial charge is 0.217 e. The van der Waals surface area contributed by atoms with Gasteiger partial charge in [0.15, 0.2) is 5.78 Å². The van der Waals surface area contributed by atoms with Gasteiger partial charge in [0.05, 0.1) is 6.04 Å². The molecular weight excluding hydrogens is 342 g/mol. The molecule has 0 aromatic heterocycles. The zero-order valence-corrected chi connectivity index (χ0v) is 14.1. The largest absolute Gasteiger partial charge is 0.349 e. The molecule has 3 nitrogen and oxygen atoms in total. The lowest BCUT2D eigenvalue weighted by Gasteiger charge is -2.24. The van der Waals surface area contributed by atoms with Crippen molar-refractivity contribution in [2.24, 2.45) is 5.92 Å². The highest BCUT2D eigenvalue weighted by Crippen LogP contribution is 2.26. The van der Waals surface area contributed by atoms with Crippen molar-refractivity contribution in [3.05, 3.63) is 70.2 Å². The van der Waals surface area contributed by atoms with Gasteiger partial charge in [-0.2, -0.15) is 0 Å². The molecule has 0 saturated carbocycles. The minimum absolute atomic E-state index is 0.0160. The van der Waals surface area contributed by atoms with Gasteiger partial charge >= 0.3 is 0 Å². The van der Waals surface area contributed by atoms with Crippen LogP contribution in [0.4, 0.5) is 0 Å². The fourth-order valence-corrected chi connectivity index (χ4v) is 2.67. The molecule has 1 N–H and O–H groups in total. The maximum absolute atomic E-state index is 12.6. The molecule has 0 fully saturated rings. The zero-order chi connectivity index (χ0) is 16.1. The Morgan fingerprint density at radius 3 is 2.14 bits per heavy atom.